The number of amides is 1. The molecule has 1 saturated heterocycles. The second kappa shape index (κ2) is 6.93. The highest BCUT2D eigenvalue weighted by Gasteiger charge is 2.35. The highest BCUT2D eigenvalue weighted by atomic mass is 35.5. The number of piperidine rings is 1. The van der Waals surface area contributed by atoms with Gasteiger partial charge in [0.15, 0.2) is 0 Å². The minimum atomic E-state index is -3.57. The molecule has 10 heteroatoms. The molecule has 1 aliphatic rings. The zero-order valence-corrected chi connectivity index (χ0v) is 15.7. The van der Waals surface area contributed by atoms with Gasteiger partial charge < -0.3 is 9.47 Å². The Morgan fingerprint density at radius 3 is 2.48 bits per heavy atom. The molecule has 0 N–H and O–H groups in total. The summed E-state index contributed by atoms with van der Waals surface area (Å²) in [6.07, 6.45) is 2.03. The summed E-state index contributed by atoms with van der Waals surface area (Å²) >= 11 is 11.9. The lowest BCUT2D eigenvalue weighted by Crippen LogP contribution is -2.43. The largest absolute Gasteiger partial charge is 0.339 e. The zero-order valence-electron chi connectivity index (χ0n) is 13.4. The Balaban J connectivity index is 1.72. The smallest absolute Gasteiger partial charge is 0.255 e. The molecule has 7 nitrogen and oxygen atoms in total. The van der Waals surface area contributed by atoms with Crippen LogP contribution in [0.2, 0.25) is 10.0 Å². The molecule has 0 aliphatic carbocycles. The molecule has 2 aromatic rings. The van der Waals surface area contributed by atoms with E-state index in [0.29, 0.717) is 36.5 Å². The van der Waals surface area contributed by atoms with Gasteiger partial charge in [-0.2, -0.15) is 0 Å². The summed E-state index contributed by atoms with van der Waals surface area (Å²) in [6.45, 7) is 0.666. The Labute approximate surface area is 155 Å². The fraction of sp³-hybridized carbons (Fsp3) is 0.400. The van der Waals surface area contributed by atoms with Gasteiger partial charge in [-0.3, -0.25) is 4.79 Å². The van der Waals surface area contributed by atoms with E-state index < -0.39 is 15.1 Å². The Morgan fingerprint density at radius 2 is 1.92 bits per heavy atom. The highest BCUT2D eigenvalue weighted by Crippen LogP contribution is 2.26. The van der Waals surface area contributed by atoms with Gasteiger partial charge in [-0.05, 0) is 31.0 Å². The molecule has 1 amide bonds. The van der Waals surface area contributed by atoms with E-state index in [4.69, 9.17) is 23.2 Å². The molecule has 3 rings (SSSR count). The number of nitrogens with zero attached hydrogens (tertiary/aromatic N) is 4. The molecule has 0 unspecified atom stereocenters. The summed E-state index contributed by atoms with van der Waals surface area (Å²) in [4.78, 5) is 14.2. The summed E-state index contributed by atoms with van der Waals surface area (Å²) in [5.41, 5.74) is 0.362. The molecule has 0 radical (unpaired) electrons. The summed E-state index contributed by atoms with van der Waals surface area (Å²) in [5, 5.41) is 7.44. The molecule has 2 heterocycles. The Bertz CT molecular complexity index is 905. The number of sulfone groups is 1. The number of carbonyl (C=O) groups is 1. The first-order valence-electron chi connectivity index (χ1n) is 7.63. The third-order valence-electron chi connectivity index (χ3n) is 4.25. The third-order valence-corrected chi connectivity index (χ3v) is 7.03. The first-order chi connectivity index (χ1) is 11.8. The molecule has 25 heavy (non-hydrogen) atoms. The molecule has 1 aromatic carbocycles. The Hall–Kier alpha value is -1.64. The van der Waals surface area contributed by atoms with E-state index in [2.05, 4.69) is 10.2 Å². The van der Waals surface area contributed by atoms with Crippen molar-refractivity contribution in [1.29, 1.82) is 0 Å². The van der Waals surface area contributed by atoms with Gasteiger partial charge in [-0.25, -0.2) is 8.42 Å². The Kier molecular flexibility index (Phi) is 5.04. The quantitative estimate of drug-likeness (QED) is 0.785. The molecule has 0 spiro atoms. The van der Waals surface area contributed by atoms with E-state index in [9.17, 15) is 13.2 Å². The summed E-state index contributed by atoms with van der Waals surface area (Å²) in [6, 6.07) is 4.70. The van der Waals surface area contributed by atoms with Gasteiger partial charge in [0.25, 0.3) is 5.91 Å². The van der Waals surface area contributed by atoms with E-state index >= 15 is 0 Å². The average molecular weight is 403 g/mol. The van der Waals surface area contributed by atoms with Crippen LogP contribution in [0.25, 0.3) is 0 Å². The molecule has 134 valence electrons. The SMILES string of the molecule is Cn1cnnc1S(=O)(=O)C1CCN(C(=O)c2ccc(Cl)cc2Cl)CC1. The molecule has 1 aromatic heterocycles. The van der Waals surface area contributed by atoms with Gasteiger partial charge in [-0.1, -0.05) is 23.2 Å². The van der Waals surface area contributed by atoms with Crippen LogP contribution in [-0.2, 0) is 16.9 Å². The fourth-order valence-corrected chi connectivity index (χ4v) is 5.11. The highest BCUT2D eigenvalue weighted by molar-refractivity contribution is 7.91. The second-order valence-electron chi connectivity index (χ2n) is 5.89. The van der Waals surface area contributed by atoms with Crippen molar-refractivity contribution in [3.8, 4) is 0 Å². The summed E-state index contributed by atoms with van der Waals surface area (Å²) in [5.74, 6) is -0.226. The molecule has 0 bridgehead atoms. The van der Waals surface area contributed by atoms with Crippen molar-refractivity contribution in [3.05, 3.63) is 40.1 Å². The lowest BCUT2D eigenvalue weighted by atomic mass is 10.1. The van der Waals surface area contributed by atoms with E-state index in [0.717, 1.165) is 0 Å². The molecular weight excluding hydrogens is 387 g/mol. The predicted octanol–water partition coefficient (Wildman–Crippen LogP) is 2.20. The van der Waals surface area contributed by atoms with E-state index in [-0.39, 0.29) is 16.1 Å². The molecule has 1 fully saturated rings. The zero-order chi connectivity index (χ0) is 18.2. The number of aryl methyl sites for hydroxylation is 1. The topological polar surface area (TPSA) is 85.2 Å². The van der Waals surface area contributed by atoms with E-state index in [1.807, 2.05) is 0 Å². The first-order valence-corrected chi connectivity index (χ1v) is 9.93. The predicted molar refractivity (Wildman–Crippen MR) is 93.6 cm³/mol. The number of hydrogen-bond acceptors (Lipinski definition) is 5. The maximum Gasteiger partial charge on any atom is 0.255 e. The Morgan fingerprint density at radius 1 is 1.24 bits per heavy atom. The summed E-state index contributed by atoms with van der Waals surface area (Å²) < 4.78 is 26.7. The number of hydrogen-bond donors (Lipinski definition) is 0. The first kappa shape index (κ1) is 18.2. The van der Waals surface area contributed by atoms with Crippen molar-refractivity contribution in [2.45, 2.75) is 23.2 Å². The third kappa shape index (κ3) is 3.51. The summed E-state index contributed by atoms with van der Waals surface area (Å²) in [7, 11) is -1.98. The van der Waals surface area contributed by atoms with E-state index in [1.54, 1.807) is 24.1 Å². The monoisotopic (exact) mass is 402 g/mol. The van der Waals surface area contributed by atoms with E-state index in [1.165, 1.54) is 17.0 Å². The van der Waals surface area contributed by atoms with Crippen molar-refractivity contribution in [2.75, 3.05) is 13.1 Å². The van der Waals surface area contributed by atoms with Gasteiger partial charge in [-0.15, -0.1) is 10.2 Å². The van der Waals surface area contributed by atoms with Crippen molar-refractivity contribution in [2.24, 2.45) is 7.05 Å². The molecular formula is C15H16Cl2N4O3S. The maximum atomic E-state index is 12.6. The van der Waals surface area contributed by atoms with Gasteiger partial charge in [0.1, 0.15) is 6.33 Å². The van der Waals surface area contributed by atoms with Gasteiger partial charge in [0.05, 0.1) is 15.8 Å². The number of benzene rings is 1. The normalized spacial score (nSPS) is 16.2. The fourth-order valence-electron chi connectivity index (χ4n) is 2.88. The number of likely N-dealkylation sites (tertiary alicyclic amines) is 1. The lowest BCUT2D eigenvalue weighted by Gasteiger charge is -2.31. The van der Waals surface area contributed by atoms with Crippen molar-refractivity contribution in [3.63, 3.8) is 0 Å². The minimum absolute atomic E-state index is 0.0435. The van der Waals surface area contributed by atoms with Crippen LogP contribution < -0.4 is 0 Å². The van der Waals surface area contributed by atoms with Crippen LogP contribution in [0.3, 0.4) is 0 Å². The maximum absolute atomic E-state index is 12.6. The number of carbonyl (C=O) groups excluding carboxylic acids is 1. The number of rotatable bonds is 3. The molecule has 0 saturated carbocycles. The van der Waals surface area contributed by atoms with Crippen LogP contribution in [0, 0.1) is 0 Å². The van der Waals surface area contributed by atoms with Crippen molar-refractivity contribution in [1.82, 2.24) is 19.7 Å². The van der Waals surface area contributed by atoms with Crippen LogP contribution in [0.5, 0.6) is 0 Å². The van der Waals surface area contributed by atoms with Crippen molar-refractivity contribution >= 4 is 38.9 Å². The van der Waals surface area contributed by atoms with Crippen LogP contribution in [0.1, 0.15) is 23.2 Å². The van der Waals surface area contributed by atoms with Gasteiger partial charge in [0, 0.05) is 25.2 Å². The van der Waals surface area contributed by atoms with Crippen LogP contribution in [0.4, 0.5) is 0 Å². The molecule has 1 aliphatic heterocycles. The standard InChI is InChI=1S/C15H16Cl2N4O3S/c1-20-9-18-19-15(20)25(23,24)11-4-6-21(7-5-11)14(22)12-3-2-10(16)8-13(12)17/h2-3,8-9,11H,4-7H2,1H3. The van der Waals surface area contributed by atoms with Crippen LogP contribution in [-0.4, -0.2) is 52.3 Å². The van der Waals surface area contributed by atoms with Crippen molar-refractivity contribution < 1.29 is 13.2 Å². The molecule has 0 atom stereocenters. The van der Waals surface area contributed by atoms with Gasteiger partial charge in [0.2, 0.25) is 15.0 Å². The lowest BCUT2D eigenvalue weighted by molar-refractivity contribution is 0.0725. The number of halogens is 2. The number of aromatic nitrogens is 3. The second-order valence-corrected chi connectivity index (χ2v) is 8.85. The average Bonchev–Trinajstić information content (AvgIpc) is 3.01. The minimum Gasteiger partial charge on any atom is -0.339 e. The van der Waals surface area contributed by atoms with Crippen LogP contribution in [0.15, 0.2) is 29.7 Å². The van der Waals surface area contributed by atoms with Crippen LogP contribution >= 0.6 is 23.2 Å². The van der Waals surface area contributed by atoms with Gasteiger partial charge >= 0.3 is 0 Å².